The molecule has 0 aliphatic heterocycles. The average Bonchev–Trinajstić information content (AvgIpc) is 2.62. The highest BCUT2D eigenvalue weighted by molar-refractivity contribution is 6.33. The molecule has 0 saturated heterocycles. The number of aryl methyl sites for hydroxylation is 1. The van der Waals surface area contributed by atoms with E-state index in [-0.39, 0.29) is 5.91 Å². The van der Waals surface area contributed by atoms with Gasteiger partial charge in [-0.15, -0.1) is 0 Å². The van der Waals surface area contributed by atoms with Gasteiger partial charge in [0.25, 0.3) is 5.91 Å². The quantitative estimate of drug-likeness (QED) is 0.782. The molecule has 1 amide bonds. The Kier molecular flexibility index (Phi) is 6.42. The third-order valence-electron chi connectivity index (χ3n) is 3.67. The fourth-order valence-corrected chi connectivity index (χ4v) is 2.41. The smallest absolute Gasteiger partial charge is 0.337 e. The van der Waals surface area contributed by atoms with Crippen molar-refractivity contribution in [1.29, 1.82) is 0 Å². The first kappa shape index (κ1) is 18.8. The van der Waals surface area contributed by atoms with E-state index in [1.807, 2.05) is 38.1 Å². The number of esters is 1. The molecule has 0 heterocycles. The number of carbonyl (C=O) groups is 2. The van der Waals surface area contributed by atoms with E-state index in [9.17, 15) is 9.59 Å². The molecule has 2 rings (SSSR count). The van der Waals surface area contributed by atoms with Crippen LogP contribution in [0.2, 0.25) is 5.02 Å². The van der Waals surface area contributed by atoms with Crippen LogP contribution in [-0.4, -0.2) is 25.1 Å². The van der Waals surface area contributed by atoms with Gasteiger partial charge in [0.1, 0.15) is 5.75 Å². The number of amides is 1. The largest absolute Gasteiger partial charge is 0.480 e. The first-order chi connectivity index (χ1) is 12.0. The summed E-state index contributed by atoms with van der Waals surface area (Å²) in [7, 11) is 1.29. The molecular formula is C19H20ClNO4. The summed E-state index contributed by atoms with van der Waals surface area (Å²) in [5, 5.41) is 3.04. The average molecular weight is 362 g/mol. The monoisotopic (exact) mass is 361 g/mol. The normalized spacial score (nSPS) is 11.5. The zero-order valence-corrected chi connectivity index (χ0v) is 15.1. The van der Waals surface area contributed by atoms with Crippen molar-refractivity contribution in [2.24, 2.45) is 0 Å². The van der Waals surface area contributed by atoms with Crippen molar-refractivity contribution >= 4 is 29.2 Å². The topological polar surface area (TPSA) is 64.6 Å². The molecule has 0 fully saturated rings. The van der Waals surface area contributed by atoms with Crippen LogP contribution in [0.3, 0.4) is 0 Å². The molecule has 0 aliphatic rings. The standard InChI is InChI=1S/C19H20ClNO4/c1-4-16(25-17-8-6-5-7-12(17)2)18(22)21-15-11-13(19(23)24-3)9-10-14(15)20/h5-11,16H,4H2,1-3H3,(H,21,22)/t16-/m1/s1. The summed E-state index contributed by atoms with van der Waals surface area (Å²) in [5.41, 5.74) is 1.58. The van der Waals surface area contributed by atoms with Gasteiger partial charge in [-0.05, 0) is 43.2 Å². The van der Waals surface area contributed by atoms with E-state index in [2.05, 4.69) is 10.1 Å². The van der Waals surface area contributed by atoms with Crippen LogP contribution < -0.4 is 10.1 Å². The molecule has 0 aromatic heterocycles. The van der Waals surface area contributed by atoms with Crippen molar-refractivity contribution in [3.63, 3.8) is 0 Å². The molecule has 1 atom stereocenters. The molecule has 1 N–H and O–H groups in total. The lowest BCUT2D eigenvalue weighted by Crippen LogP contribution is -2.32. The lowest BCUT2D eigenvalue weighted by atomic mass is 10.2. The molecule has 5 nitrogen and oxygen atoms in total. The van der Waals surface area contributed by atoms with Crippen molar-refractivity contribution in [1.82, 2.24) is 0 Å². The van der Waals surface area contributed by atoms with Crippen LogP contribution in [0.1, 0.15) is 29.3 Å². The molecular weight excluding hydrogens is 342 g/mol. The Morgan fingerprint density at radius 2 is 1.92 bits per heavy atom. The molecule has 2 aromatic carbocycles. The first-order valence-electron chi connectivity index (χ1n) is 7.87. The van der Waals surface area contributed by atoms with Crippen molar-refractivity contribution in [2.45, 2.75) is 26.4 Å². The highest BCUT2D eigenvalue weighted by atomic mass is 35.5. The number of benzene rings is 2. The Hall–Kier alpha value is -2.53. The van der Waals surface area contributed by atoms with E-state index in [1.165, 1.54) is 25.3 Å². The van der Waals surface area contributed by atoms with Crippen LogP contribution in [-0.2, 0) is 9.53 Å². The summed E-state index contributed by atoms with van der Waals surface area (Å²) in [5.74, 6) is -0.191. The predicted octanol–water partition coefficient (Wildman–Crippen LogP) is 4.23. The molecule has 0 spiro atoms. The number of anilines is 1. The van der Waals surface area contributed by atoms with Gasteiger partial charge < -0.3 is 14.8 Å². The summed E-state index contributed by atoms with van der Waals surface area (Å²) in [6, 6.07) is 12.0. The van der Waals surface area contributed by atoms with Gasteiger partial charge in [-0.1, -0.05) is 36.7 Å². The van der Waals surface area contributed by atoms with Crippen molar-refractivity contribution in [3.8, 4) is 5.75 Å². The molecule has 0 unspecified atom stereocenters. The lowest BCUT2D eigenvalue weighted by molar-refractivity contribution is -0.122. The van der Waals surface area contributed by atoms with Crippen molar-refractivity contribution < 1.29 is 19.1 Å². The number of methoxy groups -OCH3 is 1. The Labute approximate surface area is 151 Å². The minimum absolute atomic E-state index is 0.301. The maximum absolute atomic E-state index is 12.6. The van der Waals surface area contributed by atoms with Crippen LogP contribution in [0.4, 0.5) is 5.69 Å². The summed E-state index contributed by atoms with van der Waals surface area (Å²) in [6.07, 6.45) is -0.201. The summed E-state index contributed by atoms with van der Waals surface area (Å²) in [6.45, 7) is 3.77. The van der Waals surface area contributed by atoms with Gasteiger partial charge in [-0.25, -0.2) is 4.79 Å². The second-order valence-electron chi connectivity index (χ2n) is 5.46. The van der Waals surface area contributed by atoms with Gasteiger partial charge >= 0.3 is 5.97 Å². The Morgan fingerprint density at radius 1 is 1.20 bits per heavy atom. The van der Waals surface area contributed by atoms with Gasteiger partial charge in [0.2, 0.25) is 0 Å². The van der Waals surface area contributed by atoms with E-state index < -0.39 is 12.1 Å². The van der Waals surface area contributed by atoms with Gasteiger partial charge in [0.05, 0.1) is 23.4 Å². The second-order valence-corrected chi connectivity index (χ2v) is 5.86. The van der Waals surface area contributed by atoms with E-state index in [4.69, 9.17) is 16.3 Å². The first-order valence-corrected chi connectivity index (χ1v) is 8.25. The number of nitrogens with one attached hydrogen (secondary N) is 1. The number of ether oxygens (including phenoxy) is 2. The van der Waals surface area contributed by atoms with Crippen LogP contribution in [0.5, 0.6) is 5.75 Å². The molecule has 25 heavy (non-hydrogen) atoms. The van der Waals surface area contributed by atoms with Crippen LogP contribution in [0.25, 0.3) is 0 Å². The van der Waals surface area contributed by atoms with Gasteiger partial charge in [0.15, 0.2) is 6.10 Å². The minimum Gasteiger partial charge on any atom is -0.480 e. The number of hydrogen-bond donors (Lipinski definition) is 1. The van der Waals surface area contributed by atoms with Gasteiger partial charge in [0, 0.05) is 0 Å². The number of rotatable bonds is 6. The third kappa shape index (κ3) is 4.73. The van der Waals surface area contributed by atoms with Gasteiger partial charge in [-0.3, -0.25) is 4.79 Å². The number of carbonyl (C=O) groups excluding carboxylic acids is 2. The van der Waals surface area contributed by atoms with Crippen molar-refractivity contribution in [3.05, 3.63) is 58.6 Å². The summed E-state index contributed by atoms with van der Waals surface area (Å²) < 4.78 is 10.5. The zero-order valence-electron chi connectivity index (χ0n) is 14.3. The van der Waals surface area contributed by atoms with E-state index in [0.29, 0.717) is 28.4 Å². The van der Waals surface area contributed by atoms with Crippen molar-refractivity contribution in [2.75, 3.05) is 12.4 Å². The zero-order chi connectivity index (χ0) is 18.4. The number of hydrogen-bond acceptors (Lipinski definition) is 4. The number of para-hydroxylation sites is 1. The highest BCUT2D eigenvalue weighted by Gasteiger charge is 2.21. The van der Waals surface area contributed by atoms with Crippen LogP contribution in [0, 0.1) is 6.92 Å². The Balaban J connectivity index is 2.17. The SMILES string of the molecule is CC[C@@H](Oc1ccccc1C)C(=O)Nc1cc(C(=O)OC)ccc1Cl. The van der Waals surface area contributed by atoms with Crippen LogP contribution >= 0.6 is 11.6 Å². The van der Waals surface area contributed by atoms with Gasteiger partial charge in [-0.2, -0.15) is 0 Å². The summed E-state index contributed by atoms with van der Waals surface area (Å²) >= 11 is 6.11. The third-order valence-corrected chi connectivity index (χ3v) is 4.00. The maximum atomic E-state index is 12.6. The molecule has 0 radical (unpaired) electrons. The maximum Gasteiger partial charge on any atom is 0.337 e. The van der Waals surface area contributed by atoms with Crippen LogP contribution in [0.15, 0.2) is 42.5 Å². The lowest BCUT2D eigenvalue weighted by Gasteiger charge is -2.19. The second kappa shape index (κ2) is 8.53. The fourth-order valence-electron chi connectivity index (χ4n) is 2.24. The minimum atomic E-state index is -0.682. The van der Waals surface area contributed by atoms with E-state index >= 15 is 0 Å². The molecule has 0 bridgehead atoms. The molecule has 0 saturated carbocycles. The highest BCUT2D eigenvalue weighted by Crippen LogP contribution is 2.25. The number of halogens is 1. The molecule has 2 aromatic rings. The van der Waals surface area contributed by atoms with E-state index in [0.717, 1.165) is 5.56 Å². The molecule has 132 valence electrons. The Bertz CT molecular complexity index is 776. The molecule has 6 heteroatoms. The molecule has 0 aliphatic carbocycles. The summed E-state index contributed by atoms with van der Waals surface area (Å²) in [4.78, 5) is 24.2. The fraction of sp³-hybridized carbons (Fsp3) is 0.263. The van der Waals surface area contributed by atoms with E-state index in [1.54, 1.807) is 0 Å². The predicted molar refractivity (Wildman–Crippen MR) is 97.3 cm³/mol. The Morgan fingerprint density at radius 3 is 2.56 bits per heavy atom.